The number of amides is 1. The number of thiazole rings is 1. The van der Waals surface area contributed by atoms with Gasteiger partial charge in [0.05, 0.1) is 5.01 Å². The van der Waals surface area contributed by atoms with E-state index in [1.54, 1.807) is 0 Å². The fraction of sp³-hybridized carbons (Fsp3) is 0.667. The molecule has 1 aromatic rings. The van der Waals surface area contributed by atoms with Gasteiger partial charge in [0.15, 0.2) is 5.69 Å². The molecule has 2 rings (SSSR count). The van der Waals surface area contributed by atoms with Crippen LogP contribution in [0.25, 0.3) is 0 Å². The molecule has 0 aromatic carbocycles. The molecule has 6 heteroatoms. The maximum atomic E-state index is 12.4. The Morgan fingerprint density at radius 2 is 2.10 bits per heavy atom. The van der Waals surface area contributed by atoms with Gasteiger partial charge in [0.1, 0.15) is 0 Å². The van der Waals surface area contributed by atoms with E-state index in [9.17, 15) is 9.59 Å². The summed E-state index contributed by atoms with van der Waals surface area (Å²) < 4.78 is 0. The topological polar surface area (TPSA) is 79.3 Å². The fourth-order valence-corrected chi connectivity index (χ4v) is 3.74. The molecule has 1 aliphatic rings. The highest BCUT2D eigenvalue weighted by molar-refractivity contribution is 7.09. The van der Waals surface area contributed by atoms with Crippen molar-refractivity contribution in [3.8, 4) is 0 Å². The molecule has 1 aliphatic carbocycles. The van der Waals surface area contributed by atoms with Crippen LogP contribution in [0.3, 0.4) is 0 Å². The lowest BCUT2D eigenvalue weighted by Gasteiger charge is -2.34. The van der Waals surface area contributed by atoms with E-state index in [-0.39, 0.29) is 17.0 Å². The Hall–Kier alpha value is -1.43. The number of nitrogens with one attached hydrogen (secondary N) is 1. The molecule has 0 atom stereocenters. The highest BCUT2D eigenvalue weighted by Crippen LogP contribution is 2.39. The summed E-state index contributed by atoms with van der Waals surface area (Å²) in [5, 5.41) is 14.1. The van der Waals surface area contributed by atoms with Crippen LogP contribution in [0.2, 0.25) is 0 Å². The zero-order valence-electron chi connectivity index (χ0n) is 12.4. The zero-order valence-corrected chi connectivity index (χ0v) is 13.2. The highest BCUT2D eigenvalue weighted by Gasteiger charge is 2.37. The van der Waals surface area contributed by atoms with Crippen molar-refractivity contribution in [3.63, 3.8) is 0 Å². The molecule has 1 amide bonds. The normalized spacial score (nSPS) is 17.4. The van der Waals surface area contributed by atoms with Crippen molar-refractivity contribution in [2.24, 2.45) is 5.41 Å². The minimum atomic E-state index is -1.01. The first-order chi connectivity index (χ1) is 10.1. The van der Waals surface area contributed by atoms with Gasteiger partial charge in [0.2, 0.25) is 5.91 Å². The van der Waals surface area contributed by atoms with Crippen LogP contribution in [-0.4, -0.2) is 28.5 Å². The molecule has 1 heterocycles. The SMILES string of the molecule is CCC1(C(=O)NCCc2nc(C(=O)O)cs2)CCCCC1. The van der Waals surface area contributed by atoms with Crippen LogP contribution in [0.15, 0.2) is 5.38 Å². The van der Waals surface area contributed by atoms with E-state index < -0.39 is 5.97 Å². The number of aromatic carboxylic acids is 1. The van der Waals surface area contributed by atoms with Crippen molar-refractivity contribution >= 4 is 23.2 Å². The first-order valence-electron chi connectivity index (χ1n) is 7.53. The second kappa shape index (κ2) is 7.02. The standard InChI is InChI=1S/C15H22N2O3S/c1-2-15(7-4-3-5-8-15)14(20)16-9-6-12-17-11(10-21-12)13(18)19/h10H,2-9H2,1H3,(H,16,20)(H,18,19). The average Bonchev–Trinajstić information content (AvgIpc) is 2.97. The molecular weight excluding hydrogens is 288 g/mol. The lowest BCUT2D eigenvalue weighted by molar-refractivity contribution is -0.133. The van der Waals surface area contributed by atoms with Crippen molar-refractivity contribution in [2.45, 2.75) is 51.9 Å². The van der Waals surface area contributed by atoms with Crippen LogP contribution >= 0.6 is 11.3 Å². The predicted octanol–water partition coefficient (Wildman–Crippen LogP) is 2.86. The minimum Gasteiger partial charge on any atom is -0.476 e. The summed E-state index contributed by atoms with van der Waals surface area (Å²) in [4.78, 5) is 27.2. The summed E-state index contributed by atoms with van der Waals surface area (Å²) in [5.74, 6) is -0.853. The number of aromatic nitrogens is 1. The van der Waals surface area contributed by atoms with E-state index in [0.29, 0.717) is 13.0 Å². The van der Waals surface area contributed by atoms with Crippen molar-refractivity contribution < 1.29 is 14.7 Å². The van der Waals surface area contributed by atoms with Crippen LogP contribution in [-0.2, 0) is 11.2 Å². The number of carbonyl (C=O) groups is 2. The summed E-state index contributed by atoms with van der Waals surface area (Å²) in [7, 11) is 0. The third kappa shape index (κ3) is 3.81. The Labute approximate surface area is 128 Å². The van der Waals surface area contributed by atoms with Crippen molar-refractivity contribution in [2.75, 3.05) is 6.54 Å². The summed E-state index contributed by atoms with van der Waals surface area (Å²) in [6, 6.07) is 0. The molecule has 1 saturated carbocycles. The van der Waals surface area contributed by atoms with Gasteiger partial charge in [-0.05, 0) is 19.3 Å². The van der Waals surface area contributed by atoms with Gasteiger partial charge in [-0.25, -0.2) is 9.78 Å². The van der Waals surface area contributed by atoms with E-state index in [1.165, 1.54) is 23.1 Å². The Morgan fingerprint density at radius 3 is 2.67 bits per heavy atom. The van der Waals surface area contributed by atoms with Gasteiger partial charge >= 0.3 is 5.97 Å². The molecule has 0 bridgehead atoms. The molecule has 0 aliphatic heterocycles. The van der Waals surface area contributed by atoms with Crippen LogP contribution in [0.5, 0.6) is 0 Å². The van der Waals surface area contributed by atoms with Gasteiger partial charge in [-0.3, -0.25) is 4.79 Å². The van der Waals surface area contributed by atoms with E-state index in [4.69, 9.17) is 5.11 Å². The molecule has 21 heavy (non-hydrogen) atoms. The fourth-order valence-electron chi connectivity index (χ4n) is 2.96. The molecule has 2 N–H and O–H groups in total. The first kappa shape index (κ1) is 15.9. The largest absolute Gasteiger partial charge is 0.476 e. The summed E-state index contributed by atoms with van der Waals surface area (Å²) in [5.41, 5.74) is -0.105. The second-order valence-electron chi connectivity index (χ2n) is 5.63. The van der Waals surface area contributed by atoms with Gasteiger partial charge in [0.25, 0.3) is 0 Å². The Morgan fingerprint density at radius 1 is 1.38 bits per heavy atom. The maximum Gasteiger partial charge on any atom is 0.355 e. The molecular formula is C15H22N2O3S. The lowest BCUT2D eigenvalue weighted by atomic mass is 9.71. The third-order valence-corrected chi connectivity index (χ3v) is 5.27. The van der Waals surface area contributed by atoms with E-state index in [1.807, 2.05) is 0 Å². The van der Waals surface area contributed by atoms with Crippen molar-refractivity contribution in [3.05, 3.63) is 16.1 Å². The maximum absolute atomic E-state index is 12.4. The van der Waals surface area contributed by atoms with Gasteiger partial charge in [-0.1, -0.05) is 26.2 Å². The van der Waals surface area contributed by atoms with Crippen molar-refractivity contribution in [1.82, 2.24) is 10.3 Å². The van der Waals surface area contributed by atoms with E-state index in [2.05, 4.69) is 17.2 Å². The molecule has 0 spiro atoms. The lowest BCUT2D eigenvalue weighted by Crippen LogP contribution is -2.42. The van der Waals surface area contributed by atoms with Crippen LogP contribution in [0, 0.1) is 5.41 Å². The Kier molecular flexibility index (Phi) is 5.33. The molecule has 0 saturated heterocycles. The molecule has 0 radical (unpaired) electrons. The van der Waals surface area contributed by atoms with Gasteiger partial charge < -0.3 is 10.4 Å². The average molecular weight is 310 g/mol. The Balaban J connectivity index is 1.84. The summed E-state index contributed by atoms with van der Waals surface area (Å²) in [6.07, 6.45) is 6.94. The number of carboxylic acid groups (broad SMARTS) is 1. The quantitative estimate of drug-likeness (QED) is 0.846. The molecule has 1 aromatic heterocycles. The number of rotatable bonds is 6. The van der Waals surface area contributed by atoms with Gasteiger partial charge in [0, 0.05) is 23.8 Å². The van der Waals surface area contributed by atoms with Crippen LogP contribution in [0.4, 0.5) is 0 Å². The molecule has 116 valence electrons. The predicted molar refractivity (Wildman–Crippen MR) is 81.6 cm³/mol. The minimum absolute atomic E-state index is 0.0821. The number of hydrogen-bond donors (Lipinski definition) is 2. The first-order valence-corrected chi connectivity index (χ1v) is 8.41. The van der Waals surface area contributed by atoms with Crippen LogP contribution in [0.1, 0.15) is 60.9 Å². The Bertz CT molecular complexity index is 507. The smallest absolute Gasteiger partial charge is 0.355 e. The molecule has 0 unspecified atom stereocenters. The third-order valence-electron chi connectivity index (χ3n) is 4.36. The number of carboxylic acids is 1. The van der Waals surface area contributed by atoms with Gasteiger partial charge in [-0.2, -0.15) is 0 Å². The van der Waals surface area contributed by atoms with Crippen LogP contribution < -0.4 is 5.32 Å². The number of nitrogens with zero attached hydrogens (tertiary/aromatic N) is 1. The molecule has 5 nitrogen and oxygen atoms in total. The van der Waals surface area contributed by atoms with E-state index in [0.717, 1.165) is 37.1 Å². The van der Waals surface area contributed by atoms with Crippen molar-refractivity contribution in [1.29, 1.82) is 0 Å². The second-order valence-corrected chi connectivity index (χ2v) is 6.57. The summed E-state index contributed by atoms with van der Waals surface area (Å²) >= 11 is 1.33. The van der Waals surface area contributed by atoms with E-state index >= 15 is 0 Å². The summed E-state index contributed by atoms with van der Waals surface area (Å²) in [6.45, 7) is 2.61. The number of hydrogen-bond acceptors (Lipinski definition) is 4. The highest BCUT2D eigenvalue weighted by atomic mass is 32.1. The van der Waals surface area contributed by atoms with Gasteiger partial charge in [-0.15, -0.1) is 11.3 Å². The zero-order chi connectivity index (χ0) is 15.3. The molecule has 1 fully saturated rings. The monoisotopic (exact) mass is 310 g/mol. The number of carbonyl (C=O) groups excluding carboxylic acids is 1.